The number of rotatable bonds is 18. The third-order valence-corrected chi connectivity index (χ3v) is 7.78. The number of aliphatic hydroxyl groups excluding tert-OH is 1. The van der Waals surface area contributed by atoms with Crippen molar-refractivity contribution in [2.45, 2.75) is 77.0 Å². The highest BCUT2D eigenvalue weighted by Crippen LogP contribution is 2.31. The maximum atomic E-state index is 12.5. The van der Waals surface area contributed by atoms with Crippen molar-refractivity contribution < 1.29 is 42.5 Å². The van der Waals surface area contributed by atoms with Crippen molar-refractivity contribution in [3.63, 3.8) is 0 Å². The van der Waals surface area contributed by atoms with Crippen molar-refractivity contribution in [1.29, 1.82) is 0 Å². The normalized spacial score (nSPS) is 19.2. The zero-order chi connectivity index (χ0) is 33.6. The minimum absolute atomic E-state index is 0.105. The van der Waals surface area contributed by atoms with Crippen LogP contribution in [0.1, 0.15) is 70.3 Å². The van der Waals surface area contributed by atoms with Crippen LogP contribution in [0.3, 0.4) is 0 Å². The van der Waals surface area contributed by atoms with Crippen molar-refractivity contribution in [2.75, 3.05) is 59.1 Å². The van der Waals surface area contributed by atoms with Crippen LogP contribution in [0.25, 0.3) is 0 Å². The lowest BCUT2D eigenvalue weighted by Crippen LogP contribution is -2.47. The molecule has 1 aliphatic heterocycles. The number of esters is 1. The van der Waals surface area contributed by atoms with E-state index < -0.39 is 16.8 Å². The van der Waals surface area contributed by atoms with Gasteiger partial charge >= 0.3 is 12.1 Å². The largest absolute Gasteiger partial charge is 0.493 e. The Labute approximate surface area is 270 Å². The Kier molecular flexibility index (Phi) is 19.0. The van der Waals surface area contributed by atoms with Crippen molar-refractivity contribution in [3.8, 4) is 5.75 Å². The van der Waals surface area contributed by atoms with Crippen LogP contribution >= 0.6 is 0 Å². The van der Waals surface area contributed by atoms with Crippen molar-refractivity contribution in [2.24, 2.45) is 5.92 Å². The van der Waals surface area contributed by atoms with Gasteiger partial charge in [-0.25, -0.2) is 0 Å². The molecule has 2 fully saturated rings. The number of alkyl halides is 3. The van der Waals surface area contributed by atoms with Gasteiger partial charge in [-0.1, -0.05) is 36.8 Å². The maximum absolute atomic E-state index is 12.5. The summed E-state index contributed by atoms with van der Waals surface area (Å²) in [6, 6.07) is 4.88. The van der Waals surface area contributed by atoms with Crippen LogP contribution in [0.15, 0.2) is 48.6 Å². The van der Waals surface area contributed by atoms with E-state index in [1.54, 1.807) is 0 Å². The third kappa shape index (κ3) is 17.5. The zero-order valence-corrected chi connectivity index (χ0v) is 26.9. The molecule has 0 spiro atoms. The van der Waals surface area contributed by atoms with E-state index in [1.807, 2.05) is 25.2 Å². The van der Waals surface area contributed by atoms with Gasteiger partial charge in [0.15, 0.2) is 0 Å². The van der Waals surface area contributed by atoms with Crippen LogP contribution in [-0.4, -0.2) is 91.2 Å². The number of carbonyl (C=O) groups is 1. The molecule has 2 aliphatic rings. The van der Waals surface area contributed by atoms with Crippen LogP contribution in [0.2, 0.25) is 0 Å². The highest BCUT2D eigenvalue weighted by molar-refractivity contribution is 5.69. The summed E-state index contributed by atoms with van der Waals surface area (Å²) >= 11 is 0. The Morgan fingerprint density at radius 2 is 1.72 bits per heavy atom. The smallest absolute Gasteiger partial charge is 0.416 e. The van der Waals surface area contributed by atoms with Crippen LogP contribution in [0, 0.1) is 16.0 Å². The van der Waals surface area contributed by atoms with E-state index in [4.69, 9.17) is 9.47 Å². The molecule has 1 saturated carbocycles. The van der Waals surface area contributed by atoms with Gasteiger partial charge in [-0.2, -0.15) is 13.2 Å². The van der Waals surface area contributed by atoms with Crippen molar-refractivity contribution in [1.82, 2.24) is 9.80 Å². The predicted molar refractivity (Wildman–Crippen MR) is 169 cm³/mol. The fraction of sp³-hybridized carbons (Fsp3) is 0.667. The highest BCUT2D eigenvalue weighted by Gasteiger charge is 2.30. The van der Waals surface area contributed by atoms with Crippen molar-refractivity contribution in [3.05, 3.63) is 64.2 Å². The Morgan fingerprint density at radius 3 is 2.33 bits per heavy atom. The van der Waals surface area contributed by atoms with E-state index in [0.717, 1.165) is 89.9 Å². The molecule has 260 valence electrons. The monoisotopic (exact) mass is 657 g/mol. The number of aliphatic hydroxyl groups is 1. The first kappa shape index (κ1) is 39.0. The first-order valence-electron chi connectivity index (χ1n) is 16.2. The molecule has 1 heterocycles. The van der Waals surface area contributed by atoms with Gasteiger partial charge in [-0.3, -0.25) is 4.79 Å². The van der Waals surface area contributed by atoms with Crippen LogP contribution < -0.4 is 4.74 Å². The Balaban J connectivity index is 0.000000324. The number of carbonyl (C=O) groups excluding carboxylic acids is 1. The van der Waals surface area contributed by atoms with E-state index in [9.17, 15) is 33.2 Å². The second kappa shape index (κ2) is 22.4. The standard InChI is InChI=1S/C17H31N3O5.C16H19F3O2/c1-2-3-4-5-8-17(21)24-15-6-9-18-11-13-19(14-12-18)10-7-16-25-20(22)23;17-16(18,19)13-7-4-8-14(11-13)21-10-2-1-5-12-6-3-9-15(12)20/h2-3H,4-16H2,1H3;1,4-5,7-8,11-12,15,20H,2-3,6,9-10H2/b3-2-;5-1+. The number of ether oxygens (including phenoxy) is 2. The second-order valence-corrected chi connectivity index (χ2v) is 11.4. The van der Waals surface area contributed by atoms with E-state index in [1.165, 1.54) is 12.1 Å². The molecule has 1 N–H and O–H groups in total. The fourth-order valence-corrected chi connectivity index (χ4v) is 5.21. The lowest BCUT2D eigenvalue weighted by Gasteiger charge is -2.34. The number of piperazine rings is 1. The molecule has 1 aliphatic carbocycles. The summed E-state index contributed by atoms with van der Waals surface area (Å²) in [7, 11) is 0. The first-order valence-corrected chi connectivity index (χ1v) is 16.2. The molecule has 0 amide bonds. The molecular weight excluding hydrogens is 607 g/mol. The summed E-state index contributed by atoms with van der Waals surface area (Å²) in [6.45, 7) is 8.58. The summed E-state index contributed by atoms with van der Waals surface area (Å²) in [6.07, 6.45) is 10.6. The average molecular weight is 658 g/mol. The molecule has 3 rings (SSSR count). The molecule has 0 aromatic heterocycles. The third-order valence-electron chi connectivity index (χ3n) is 7.78. The van der Waals surface area contributed by atoms with E-state index in [0.29, 0.717) is 32.5 Å². The Hall–Kier alpha value is -3.16. The van der Waals surface area contributed by atoms with Gasteiger partial charge in [0, 0.05) is 51.6 Å². The summed E-state index contributed by atoms with van der Waals surface area (Å²) in [5, 5.41) is 19.0. The number of hydrogen-bond donors (Lipinski definition) is 1. The molecule has 0 radical (unpaired) electrons. The molecule has 2 unspecified atom stereocenters. The Morgan fingerprint density at radius 1 is 1.02 bits per heavy atom. The van der Waals surface area contributed by atoms with Crippen LogP contribution in [-0.2, 0) is 20.5 Å². The molecule has 1 aromatic rings. The predicted octanol–water partition coefficient (Wildman–Crippen LogP) is 6.07. The molecule has 1 saturated heterocycles. The molecule has 0 bridgehead atoms. The van der Waals surface area contributed by atoms with Crippen molar-refractivity contribution >= 4 is 5.97 Å². The summed E-state index contributed by atoms with van der Waals surface area (Å²) in [5.74, 6) is 0.323. The van der Waals surface area contributed by atoms with Gasteiger partial charge in [-0.15, -0.1) is 10.1 Å². The number of hydrogen-bond acceptors (Lipinski definition) is 9. The van der Waals surface area contributed by atoms with Gasteiger partial charge in [0.2, 0.25) is 0 Å². The molecule has 2 atom stereocenters. The summed E-state index contributed by atoms with van der Waals surface area (Å²) < 4.78 is 48.2. The number of unbranched alkanes of at least 4 members (excludes halogenated alkanes) is 1. The van der Waals surface area contributed by atoms with Crippen LogP contribution in [0.5, 0.6) is 5.75 Å². The number of allylic oxidation sites excluding steroid dienone is 2. The quantitative estimate of drug-likeness (QED) is 0.0660. The number of benzene rings is 1. The molecule has 10 nitrogen and oxygen atoms in total. The highest BCUT2D eigenvalue weighted by atomic mass is 19.4. The van der Waals surface area contributed by atoms with Gasteiger partial charge in [0.05, 0.1) is 31.5 Å². The number of halogens is 3. The molecular formula is C33H50F3N3O7. The van der Waals surface area contributed by atoms with E-state index >= 15 is 0 Å². The van der Waals surface area contributed by atoms with Crippen LogP contribution in [0.4, 0.5) is 13.2 Å². The molecule has 46 heavy (non-hydrogen) atoms. The SMILES string of the molecule is C/C=C\CCCC(=O)OCCCN1CCN(CCCO[N+](=O)[O-])CC1.OC1CCCC1/C=C/CCOc1cccc(C(F)(F)F)c1. The second-order valence-electron chi connectivity index (χ2n) is 11.4. The van der Waals surface area contributed by atoms with Gasteiger partial charge in [-0.05, 0) is 70.1 Å². The first-order chi connectivity index (χ1) is 22.1. The summed E-state index contributed by atoms with van der Waals surface area (Å²) in [4.78, 5) is 30.6. The summed E-state index contributed by atoms with van der Waals surface area (Å²) in [5.41, 5.74) is -0.704. The lowest BCUT2D eigenvalue weighted by atomic mass is 10.1. The minimum atomic E-state index is -4.35. The van der Waals surface area contributed by atoms with E-state index in [2.05, 4.69) is 20.7 Å². The fourth-order valence-electron chi connectivity index (χ4n) is 5.21. The number of nitrogens with zero attached hydrogens (tertiary/aromatic N) is 3. The molecule has 1 aromatic carbocycles. The van der Waals surface area contributed by atoms with Gasteiger partial charge in [0.1, 0.15) is 5.75 Å². The Bertz CT molecular complexity index is 1060. The maximum Gasteiger partial charge on any atom is 0.416 e. The van der Waals surface area contributed by atoms with Gasteiger partial charge < -0.3 is 29.2 Å². The topological polar surface area (TPSA) is 115 Å². The van der Waals surface area contributed by atoms with Gasteiger partial charge in [0.25, 0.3) is 5.09 Å². The average Bonchev–Trinajstić information content (AvgIpc) is 3.44. The molecule has 13 heteroatoms. The lowest BCUT2D eigenvalue weighted by molar-refractivity contribution is -0.757. The zero-order valence-electron chi connectivity index (χ0n) is 26.9. The van der Waals surface area contributed by atoms with E-state index in [-0.39, 0.29) is 30.3 Å². The minimum Gasteiger partial charge on any atom is -0.493 e.